The van der Waals surface area contributed by atoms with E-state index in [0.717, 1.165) is 10.8 Å². The molecule has 2 rings (SSSR count). The van der Waals surface area contributed by atoms with Crippen LogP contribution in [0.2, 0.25) is 0 Å². The minimum atomic E-state index is 0.502. The van der Waals surface area contributed by atoms with Crippen LogP contribution in [0, 0.1) is 16.7 Å². The molecule has 0 aliphatic heterocycles. The predicted octanol–water partition coefficient (Wildman–Crippen LogP) is 4.62. The van der Waals surface area contributed by atoms with Gasteiger partial charge in [0.05, 0.1) is 11.6 Å². The fourth-order valence-corrected chi connectivity index (χ4v) is 4.03. The highest BCUT2D eigenvalue weighted by Gasteiger charge is 2.28. The molecule has 0 amide bonds. The monoisotopic (exact) mass is 245 g/mol. The molecule has 1 fully saturated rings. The number of thioether (sulfide) groups is 1. The fourth-order valence-electron chi connectivity index (χ4n) is 2.53. The summed E-state index contributed by atoms with van der Waals surface area (Å²) in [4.78, 5) is 1.30. The summed E-state index contributed by atoms with van der Waals surface area (Å²) >= 11 is 1.98. The molecule has 1 aliphatic rings. The average Bonchev–Trinajstić information content (AvgIpc) is 2.29. The van der Waals surface area contributed by atoms with Gasteiger partial charge in [-0.2, -0.15) is 5.26 Å². The fraction of sp³-hybridized carbons (Fsp3) is 0.533. The van der Waals surface area contributed by atoms with Crippen LogP contribution < -0.4 is 0 Å². The molecule has 0 N–H and O–H groups in total. The lowest BCUT2D eigenvalue weighted by atomic mass is 9.77. The Morgan fingerprint density at radius 1 is 1.29 bits per heavy atom. The summed E-state index contributed by atoms with van der Waals surface area (Å²) in [6.07, 6.45) is 5.34. The molecule has 0 heterocycles. The summed E-state index contributed by atoms with van der Waals surface area (Å²) in [7, 11) is 0. The zero-order valence-corrected chi connectivity index (χ0v) is 11.4. The molecule has 0 aromatic heterocycles. The van der Waals surface area contributed by atoms with Crippen molar-refractivity contribution < 1.29 is 0 Å². The molecule has 0 radical (unpaired) electrons. The number of hydrogen-bond acceptors (Lipinski definition) is 2. The second-order valence-electron chi connectivity index (χ2n) is 5.64. The third-order valence-corrected chi connectivity index (χ3v) is 4.73. The van der Waals surface area contributed by atoms with E-state index in [1.54, 1.807) is 0 Å². The van der Waals surface area contributed by atoms with Crippen LogP contribution in [0.15, 0.2) is 29.2 Å². The van der Waals surface area contributed by atoms with Crippen molar-refractivity contribution in [1.82, 2.24) is 0 Å². The lowest BCUT2D eigenvalue weighted by Gasteiger charge is -2.34. The van der Waals surface area contributed by atoms with Gasteiger partial charge in [-0.25, -0.2) is 0 Å². The predicted molar refractivity (Wildman–Crippen MR) is 73.1 cm³/mol. The van der Waals surface area contributed by atoms with Gasteiger partial charge in [0.15, 0.2) is 0 Å². The molecule has 0 spiro atoms. The second kappa shape index (κ2) is 5.14. The highest BCUT2D eigenvalue weighted by molar-refractivity contribution is 8.00. The Morgan fingerprint density at radius 2 is 2.00 bits per heavy atom. The van der Waals surface area contributed by atoms with Gasteiger partial charge in [0.2, 0.25) is 0 Å². The quantitative estimate of drug-likeness (QED) is 0.759. The molecule has 1 atom stereocenters. The Balaban J connectivity index is 1.98. The van der Waals surface area contributed by atoms with Crippen molar-refractivity contribution in [3.05, 3.63) is 29.8 Å². The van der Waals surface area contributed by atoms with Crippen molar-refractivity contribution in [1.29, 1.82) is 5.26 Å². The molecule has 1 aliphatic carbocycles. The van der Waals surface area contributed by atoms with Gasteiger partial charge in [0.1, 0.15) is 0 Å². The molecular formula is C15H19NS. The van der Waals surface area contributed by atoms with Gasteiger partial charge in [-0.15, -0.1) is 11.8 Å². The van der Waals surface area contributed by atoms with Crippen molar-refractivity contribution in [2.75, 3.05) is 0 Å². The van der Waals surface area contributed by atoms with E-state index in [2.05, 4.69) is 32.0 Å². The summed E-state index contributed by atoms with van der Waals surface area (Å²) in [5.74, 6) is 0. The number of hydrogen-bond donors (Lipinski definition) is 0. The molecule has 17 heavy (non-hydrogen) atoms. The van der Waals surface area contributed by atoms with E-state index >= 15 is 0 Å². The summed E-state index contributed by atoms with van der Waals surface area (Å²) < 4.78 is 0. The summed E-state index contributed by atoms with van der Waals surface area (Å²) in [5, 5.41) is 9.50. The first-order valence-electron chi connectivity index (χ1n) is 6.26. The molecule has 1 aromatic rings. The van der Waals surface area contributed by atoms with E-state index < -0.39 is 0 Å². The molecule has 1 saturated carbocycles. The molecule has 90 valence electrons. The molecule has 1 nitrogen and oxygen atoms in total. The molecule has 0 bridgehead atoms. The number of benzene rings is 1. The lowest BCUT2D eigenvalue weighted by molar-refractivity contribution is 0.251. The van der Waals surface area contributed by atoms with Gasteiger partial charge in [0.25, 0.3) is 0 Å². The van der Waals surface area contributed by atoms with E-state index in [9.17, 15) is 0 Å². The maximum Gasteiger partial charge on any atom is 0.0991 e. The van der Waals surface area contributed by atoms with Crippen LogP contribution in [-0.2, 0) is 0 Å². The molecule has 0 unspecified atom stereocenters. The maximum absolute atomic E-state index is 8.76. The lowest BCUT2D eigenvalue weighted by Crippen LogP contribution is -2.24. The van der Waals surface area contributed by atoms with Crippen LogP contribution >= 0.6 is 11.8 Å². The van der Waals surface area contributed by atoms with Gasteiger partial charge in [-0.1, -0.05) is 20.3 Å². The molecule has 1 aromatic carbocycles. The average molecular weight is 245 g/mol. The topological polar surface area (TPSA) is 23.8 Å². The normalized spacial score (nSPS) is 23.0. The Morgan fingerprint density at radius 3 is 2.59 bits per heavy atom. The van der Waals surface area contributed by atoms with Crippen LogP contribution in [0.4, 0.5) is 0 Å². The van der Waals surface area contributed by atoms with Gasteiger partial charge in [0, 0.05) is 10.1 Å². The van der Waals surface area contributed by atoms with Crippen LogP contribution in [-0.4, -0.2) is 5.25 Å². The second-order valence-corrected chi connectivity index (χ2v) is 7.01. The Hall–Kier alpha value is -0.940. The smallest absolute Gasteiger partial charge is 0.0991 e. The van der Waals surface area contributed by atoms with Gasteiger partial charge in [-0.05, 0) is 48.9 Å². The number of nitriles is 1. The van der Waals surface area contributed by atoms with Gasteiger partial charge >= 0.3 is 0 Å². The highest BCUT2D eigenvalue weighted by atomic mass is 32.2. The Labute approximate surface area is 108 Å². The van der Waals surface area contributed by atoms with E-state index in [-0.39, 0.29) is 0 Å². The largest absolute Gasteiger partial charge is 0.192 e. The zero-order chi connectivity index (χ0) is 12.3. The molecule has 2 heteroatoms. The van der Waals surface area contributed by atoms with Crippen molar-refractivity contribution in [2.45, 2.75) is 49.7 Å². The molecule has 0 saturated heterocycles. The molecular weight excluding hydrogens is 226 g/mol. The van der Waals surface area contributed by atoms with Gasteiger partial charge in [-0.3, -0.25) is 0 Å². The van der Waals surface area contributed by atoms with Crippen molar-refractivity contribution in [3.63, 3.8) is 0 Å². The summed E-state index contributed by atoms with van der Waals surface area (Å²) in [6, 6.07) is 10.1. The first kappa shape index (κ1) is 12.5. The van der Waals surface area contributed by atoms with Gasteiger partial charge < -0.3 is 0 Å². The maximum atomic E-state index is 8.76. The van der Waals surface area contributed by atoms with Crippen molar-refractivity contribution in [2.24, 2.45) is 5.41 Å². The summed E-state index contributed by atoms with van der Waals surface area (Å²) in [6.45, 7) is 4.75. The first-order chi connectivity index (χ1) is 8.09. The van der Waals surface area contributed by atoms with Crippen molar-refractivity contribution >= 4 is 11.8 Å². The third-order valence-electron chi connectivity index (χ3n) is 3.45. The minimum absolute atomic E-state index is 0.502. The van der Waals surface area contributed by atoms with Crippen LogP contribution in [0.1, 0.15) is 45.1 Å². The number of nitrogens with zero attached hydrogens (tertiary/aromatic N) is 1. The van der Waals surface area contributed by atoms with Crippen LogP contribution in [0.3, 0.4) is 0 Å². The Bertz CT molecular complexity index is 414. The van der Waals surface area contributed by atoms with E-state index in [4.69, 9.17) is 5.26 Å². The van der Waals surface area contributed by atoms with E-state index in [1.807, 2.05) is 23.9 Å². The highest BCUT2D eigenvalue weighted by Crippen LogP contribution is 2.42. The van der Waals surface area contributed by atoms with Crippen LogP contribution in [0.25, 0.3) is 0 Å². The van der Waals surface area contributed by atoms with Crippen LogP contribution in [0.5, 0.6) is 0 Å². The van der Waals surface area contributed by atoms with E-state index in [1.165, 1.54) is 30.6 Å². The SMILES string of the molecule is CC1(C)CCC[C@@H](Sc2ccc(C#N)cc2)C1. The third kappa shape index (κ3) is 3.51. The zero-order valence-electron chi connectivity index (χ0n) is 10.6. The van der Waals surface area contributed by atoms with E-state index in [0.29, 0.717) is 5.41 Å². The first-order valence-corrected chi connectivity index (χ1v) is 7.14. The minimum Gasteiger partial charge on any atom is -0.192 e. The Kier molecular flexibility index (Phi) is 3.79. The van der Waals surface area contributed by atoms with Crippen molar-refractivity contribution in [3.8, 4) is 6.07 Å². The standard InChI is InChI=1S/C15H19NS/c1-15(2)9-3-4-14(10-15)17-13-7-5-12(11-16)6-8-13/h5-8,14H,3-4,9-10H2,1-2H3/t14-/m1/s1. The number of rotatable bonds is 2. The summed E-state index contributed by atoms with van der Waals surface area (Å²) in [5.41, 5.74) is 1.25.